The summed E-state index contributed by atoms with van der Waals surface area (Å²) >= 11 is 0. The van der Waals surface area contributed by atoms with Gasteiger partial charge in [0.1, 0.15) is 0 Å². The molecule has 0 radical (unpaired) electrons. The van der Waals surface area contributed by atoms with Crippen LogP contribution in [0.25, 0.3) is 5.57 Å². The maximum absolute atomic E-state index is 2.20. The smallest absolute Gasteiger partial charge is 0.00231 e. The molecule has 0 atom stereocenters. The van der Waals surface area contributed by atoms with Crippen LogP contribution >= 0.6 is 0 Å². The summed E-state index contributed by atoms with van der Waals surface area (Å²) in [5, 5.41) is 0. The van der Waals surface area contributed by atoms with E-state index >= 15 is 0 Å². The van der Waals surface area contributed by atoms with E-state index in [1.54, 1.807) is 0 Å². The molecule has 0 aliphatic rings. The van der Waals surface area contributed by atoms with Crippen molar-refractivity contribution in [3.8, 4) is 0 Å². The lowest BCUT2D eigenvalue weighted by Crippen LogP contribution is -1.89. The summed E-state index contributed by atoms with van der Waals surface area (Å²) in [6, 6.07) is 21.1. The van der Waals surface area contributed by atoms with Crippen LogP contribution in [-0.4, -0.2) is 0 Å². The summed E-state index contributed by atoms with van der Waals surface area (Å²) in [5.74, 6) is 0. The number of benzene rings is 2. The second-order valence-electron chi connectivity index (χ2n) is 3.84. The Labute approximate surface area is 97.3 Å². The third kappa shape index (κ3) is 2.60. The molecule has 2 rings (SSSR count). The highest BCUT2D eigenvalue weighted by Crippen LogP contribution is 2.19. The largest absolute Gasteiger partial charge is 0.0835 e. The lowest BCUT2D eigenvalue weighted by molar-refractivity contribution is 1.27. The second kappa shape index (κ2) is 5.32. The van der Waals surface area contributed by atoms with Crippen molar-refractivity contribution >= 4 is 5.57 Å². The Morgan fingerprint density at radius 1 is 0.875 bits per heavy atom. The standard InChI is InChI=1S/C16H16/c1-2-15(16-11-7-4-8-12-16)13-14-9-5-3-6-10-14/h2-12H,13H2,1H3. The van der Waals surface area contributed by atoms with E-state index in [9.17, 15) is 0 Å². The van der Waals surface area contributed by atoms with Crippen molar-refractivity contribution in [2.75, 3.05) is 0 Å². The van der Waals surface area contributed by atoms with Gasteiger partial charge >= 0.3 is 0 Å². The van der Waals surface area contributed by atoms with Gasteiger partial charge in [0.2, 0.25) is 0 Å². The Kier molecular flexibility index (Phi) is 3.55. The van der Waals surface area contributed by atoms with E-state index in [-0.39, 0.29) is 0 Å². The van der Waals surface area contributed by atoms with Gasteiger partial charge in [-0.2, -0.15) is 0 Å². The first-order valence-electron chi connectivity index (χ1n) is 5.64. The summed E-state index contributed by atoms with van der Waals surface area (Å²) < 4.78 is 0. The van der Waals surface area contributed by atoms with Crippen molar-refractivity contribution < 1.29 is 0 Å². The Hall–Kier alpha value is -1.82. The molecule has 0 heterocycles. The molecule has 0 aliphatic carbocycles. The van der Waals surface area contributed by atoms with Crippen LogP contribution in [0.15, 0.2) is 66.7 Å². The molecule has 2 aromatic carbocycles. The fraction of sp³-hybridized carbons (Fsp3) is 0.125. The highest BCUT2D eigenvalue weighted by atomic mass is 14.1. The molecule has 0 bridgehead atoms. The average Bonchev–Trinajstić information content (AvgIpc) is 2.38. The van der Waals surface area contributed by atoms with Gasteiger partial charge in [-0.1, -0.05) is 66.7 Å². The average molecular weight is 208 g/mol. The van der Waals surface area contributed by atoms with E-state index in [0.29, 0.717) is 0 Å². The van der Waals surface area contributed by atoms with Crippen LogP contribution in [0.3, 0.4) is 0 Å². The van der Waals surface area contributed by atoms with Crippen molar-refractivity contribution in [3.63, 3.8) is 0 Å². The predicted molar refractivity (Wildman–Crippen MR) is 70.2 cm³/mol. The summed E-state index contributed by atoms with van der Waals surface area (Å²) in [4.78, 5) is 0. The number of rotatable bonds is 3. The quantitative estimate of drug-likeness (QED) is 0.704. The minimum Gasteiger partial charge on any atom is -0.0835 e. The van der Waals surface area contributed by atoms with Gasteiger partial charge in [-0.3, -0.25) is 0 Å². The minimum absolute atomic E-state index is 1.00. The normalized spacial score (nSPS) is 11.4. The predicted octanol–water partition coefficient (Wildman–Crippen LogP) is 4.33. The molecule has 0 nitrogen and oxygen atoms in total. The monoisotopic (exact) mass is 208 g/mol. The maximum atomic E-state index is 2.20. The molecule has 0 saturated carbocycles. The molecule has 0 aromatic heterocycles. The second-order valence-corrected chi connectivity index (χ2v) is 3.84. The lowest BCUT2D eigenvalue weighted by Gasteiger charge is -2.07. The highest BCUT2D eigenvalue weighted by Gasteiger charge is 2.00. The Balaban J connectivity index is 2.20. The van der Waals surface area contributed by atoms with Crippen molar-refractivity contribution in [3.05, 3.63) is 77.9 Å². The first kappa shape index (κ1) is 10.7. The molecule has 0 fully saturated rings. The van der Waals surface area contributed by atoms with E-state index < -0.39 is 0 Å². The van der Waals surface area contributed by atoms with Crippen LogP contribution in [0.5, 0.6) is 0 Å². The van der Waals surface area contributed by atoms with E-state index in [1.165, 1.54) is 16.7 Å². The van der Waals surface area contributed by atoms with Crippen molar-refractivity contribution in [1.82, 2.24) is 0 Å². The molecule has 0 unspecified atom stereocenters. The molecule has 0 N–H and O–H groups in total. The lowest BCUT2D eigenvalue weighted by atomic mass is 9.98. The molecule has 0 aliphatic heterocycles. The molecule has 2 aromatic rings. The molecule has 0 saturated heterocycles. The third-order valence-corrected chi connectivity index (χ3v) is 2.73. The van der Waals surface area contributed by atoms with Gasteiger partial charge in [-0.15, -0.1) is 0 Å². The zero-order valence-electron chi connectivity index (χ0n) is 9.56. The third-order valence-electron chi connectivity index (χ3n) is 2.73. The van der Waals surface area contributed by atoms with Gasteiger partial charge in [-0.25, -0.2) is 0 Å². The number of allylic oxidation sites excluding steroid dienone is 2. The molecule has 0 heteroatoms. The zero-order chi connectivity index (χ0) is 11.2. The van der Waals surface area contributed by atoms with Gasteiger partial charge in [0.15, 0.2) is 0 Å². The van der Waals surface area contributed by atoms with E-state index in [1.807, 2.05) is 0 Å². The first-order valence-corrected chi connectivity index (χ1v) is 5.64. The Morgan fingerprint density at radius 3 is 2.00 bits per heavy atom. The van der Waals surface area contributed by atoms with Gasteiger partial charge in [-0.05, 0) is 30.0 Å². The highest BCUT2D eigenvalue weighted by molar-refractivity contribution is 5.67. The van der Waals surface area contributed by atoms with Crippen LogP contribution in [0.2, 0.25) is 0 Å². The van der Waals surface area contributed by atoms with Crippen LogP contribution in [0, 0.1) is 0 Å². The molecular formula is C16H16. The fourth-order valence-electron chi connectivity index (χ4n) is 1.84. The Morgan fingerprint density at radius 2 is 1.44 bits per heavy atom. The Bertz CT molecular complexity index is 452. The van der Waals surface area contributed by atoms with E-state index in [2.05, 4.69) is 73.7 Å². The summed E-state index contributed by atoms with van der Waals surface area (Å²) in [5.41, 5.74) is 4.06. The first-order chi connectivity index (χ1) is 7.90. The van der Waals surface area contributed by atoms with Crippen molar-refractivity contribution in [1.29, 1.82) is 0 Å². The number of hydrogen-bond acceptors (Lipinski definition) is 0. The molecule has 80 valence electrons. The van der Waals surface area contributed by atoms with E-state index in [4.69, 9.17) is 0 Å². The summed E-state index contributed by atoms with van der Waals surface area (Å²) in [7, 11) is 0. The van der Waals surface area contributed by atoms with Gasteiger partial charge < -0.3 is 0 Å². The van der Waals surface area contributed by atoms with Gasteiger partial charge in [0.25, 0.3) is 0 Å². The number of hydrogen-bond donors (Lipinski definition) is 0. The molecular weight excluding hydrogens is 192 g/mol. The zero-order valence-corrected chi connectivity index (χ0v) is 9.56. The molecule has 0 spiro atoms. The van der Waals surface area contributed by atoms with Crippen LogP contribution in [-0.2, 0) is 6.42 Å². The van der Waals surface area contributed by atoms with Gasteiger partial charge in [0, 0.05) is 0 Å². The van der Waals surface area contributed by atoms with Gasteiger partial charge in [0.05, 0.1) is 0 Å². The SMILES string of the molecule is CC=C(Cc1ccccc1)c1ccccc1. The summed E-state index contributed by atoms with van der Waals surface area (Å²) in [6.07, 6.45) is 3.20. The van der Waals surface area contributed by atoms with Crippen molar-refractivity contribution in [2.24, 2.45) is 0 Å². The molecule has 0 amide bonds. The van der Waals surface area contributed by atoms with Crippen molar-refractivity contribution in [2.45, 2.75) is 13.3 Å². The van der Waals surface area contributed by atoms with Crippen LogP contribution in [0.4, 0.5) is 0 Å². The van der Waals surface area contributed by atoms with Crippen LogP contribution < -0.4 is 0 Å². The van der Waals surface area contributed by atoms with E-state index in [0.717, 1.165) is 6.42 Å². The topological polar surface area (TPSA) is 0 Å². The fourth-order valence-corrected chi connectivity index (χ4v) is 1.84. The minimum atomic E-state index is 1.00. The maximum Gasteiger partial charge on any atom is -0.00231 e. The van der Waals surface area contributed by atoms with Crippen LogP contribution in [0.1, 0.15) is 18.1 Å². The summed E-state index contributed by atoms with van der Waals surface area (Å²) in [6.45, 7) is 2.10. The molecule has 16 heavy (non-hydrogen) atoms.